The third-order valence-electron chi connectivity index (χ3n) is 6.05. The lowest BCUT2D eigenvalue weighted by molar-refractivity contribution is -0.141. The Morgan fingerprint density at radius 1 is 1.06 bits per heavy atom. The number of amides is 3. The number of unbranched alkanes of at least 4 members (excludes halogenated alkanes) is 1. The second kappa shape index (κ2) is 12.1. The Morgan fingerprint density at radius 2 is 1.72 bits per heavy atom. The molecule has 0 unspecified atom stereocenters. The van der Waals surface area contributed by atoms with Gasteiger partial charge in [-0.2, -0.15) is 0 Å². The van der Waals surface area contributed by atoms with E-state index in [4.69, 9.17) is 23.2 Å². The molecule has 8 nitrogen and oxygen atoms in total. The van der Waals surface area contributed by atoms with E-state index in [0.717, 1.165) is 12.8 Å². The van der Waals surface area contributed by atoms with Crippen LogP contribution in [0.1, 0.15) is 55.5 Å². The molecule has 194 valence electrons. The van der Waals surface area contributed by atoms with E-state index in [2.05, 4.69) is 5.32 Å². The first-order chi connectivity index (χ1) is 17.1. The Bertz CT molecular complexity index is 1230. The quantitative estimate of drug-likeness (QED) is 0.419. The highest BCUT2D eigenvalue weighted by atomic mass is 35.5. The number of nitrogens with one attached hydrogen (secondary N) is 1. The Labute approximate surface area is 221 Å². The number of benzene rings is 2. The van der Waals surface area contributed by atoms with Gasteiger partial charge in [-0.15, -0.1) is 0 Å². The highest BCUT2D eigenvalue weighted by molar-refractivity contribution is 7.90. The van der Waals surface area contributed by atoms with E-state index in [-0.39, 0.29) is 35.9 Å². The summed E-state index contributed by atoms with van der Waals surface area (Å²) in [6, 6.07) is 10.1. The van der Waals surface area contributed by atoms with Gasteiger partial charge in [0.25, 0.3) is 15.9 Å². The monoisotopic (exact) mass is 553 g/mol. The predicted octanol–water partition coefficient (Wildman–Crippen LogP) is 4.25. The molecule has 0 aromatic heterocycles. The lowest BCUT2D eigenvalue weighted by Crippen LogP contribution is -2.50. The van der Waals surface area contributed by atoms with Crippen LogP contribution in [0, 0.1) is 0 Å². The molecule has 0 radical (unpaired) electrons. The molecule has 0 aliphatic carbocycles. The number of carbonyl (C=O) groups is 3. The topological polar surface area (TPSA) is 104 Å². The van der Waals surface area contributed by atoms with Gasteiger partial charge < -0.3 is 10.2 Å². The fourth-order valence-electron chi connectivity index (χ4n) is 4.07. The fourth-order valence-corrected chi connectivity index (χ4v) is 6.16. The Kier molecular flexibility index (Phi) is 9.38. The SMILES string of the molecule is CCCCNC(=O)[C@H](CC)N(Cc1c(Cl)cccc1Cl)C(=O)CCN1C(=O)c2ccccc2S1(=O)=O. The maximum atomic E-state index is 13.5. The second-order valence-corrected chi connectivity index (χ2v) is 11.1. The number of rotatable bonds is 11. The molecule has 0 saturated carbocycles. The second-order valence-electron chi connectivity index (χ2n) is 8.42. The van der Waals surface area contributed by atoms with E-state index in [1.54, 1.807) is 31.2 Å². The minimum atomic E-state index is -4.05. The molecule has 1 aliphatic rings. The molecule has 0 bridgehead atoms. The van der Waals surface area contributed by atoms with Crippen LogP contribution in [0.15, 0.2) is 47.4 Å². The first kappa shape index (κ1) is 28.0. The molecule has 0 saturated heterocycles. The highest BCUT2D eigenvalue weighted by Crippen LogP contribution is 2.31. The average molecular weight is 554 g/mol. The summed E-state index contributed by atoms with van der Waals surface area (Å²) in [5.41, 5.74) is 0.553. The predicted molar refractivity (Wildman–Crippen MR) is 138 cm³/mol. The van der Waals surface area contributed by atoms with Crippen molar-refractivity contribution in [1.82, 2.24) is 14.5 Å². The van der Waals surface area contributed by atoms with Crippen LogP contribution >= 0.6 is 23.2 Å². The number of sulfonamides is 1. The number of halogens is 2. The molecule has 2 aromatic rings. The molecule has 2 aromatic carbocycles. The Hall–Kier alpha value is -2.62. The van der Waals surface area contributed by atoms with Crippen LogP contribution < -0.4 is 5.32 Å². The average Bonchev–Trinajstić information content (AvgIpc) is 3.04. The number of hydrogen-bond donors (Lipinski definition) is 1. The summed E-state index contributed by atoms with van der Waals surface area (Å²) in [6.45, 7) is 3.86. The van der Waals surface area contributed by atoms with Crippen molar-refractivity contribution in [2.24, 2.45) is 0 Å². The number of carbonyl (C=O) groups excluding carboxylic acids is 3. The van der Waals surface area contributed by atoms with Crippen LogP contribution in [-0.4, -0.2) is 54.5 Å². The molecular formula is C25H29Cl2N3O5S. The standard InChI is InChI=1S/C25H29Cl2N3O5S/c1-3-5-14-28-24(32)21(4-2)29(16-18-19(26)10-8-11-20(18)27)23(31)13-15-30-25(33)17-9-6-7-12-22(17)36(30,34)35/h6-12,21H,3-5,13-16H2,1-2H3,(H,28,32)/t21-/m0/s1. The van der Waals surface area contributed by atoms with Crippen molar-refractivity contribution in [1.29, 1.82) is 0 Å². The molecule has 1 atom stereocenters. The zero-order valence-electron chi connectivity index (χ0n) is 20.2. The lowest BCUT2D eigenvalue weighted by Gasteiger charge is -2.31. The van der Waals surface area contributed by atoms with Gasteiger partial charge in [0.15, 0.2) is 0 Å². The van der Waals surface area contributed by atoms with Crippen molar-refractivity contribution in [3.8, 4) is 0 Å². The minimum absolute atomic E-state index is 0.0437. The number of fused-ring (bicyclic) bond motifs is 1. The van der Waals surface area contributed by atoms with E-state index in [1.807, 2.05) is 6.92 Å². The van der Waals surface area contributed by atoms with Crippen LogP contribution in [0.5, 0.6) is 0 Å². The van der Waals surface area contributed by atoms with Crippen LogP contribution in [-0.2, 0) is 26.2 Å². The minimum Gasteiger partial charge on any atom is -0.354 e. The van der Waals surface area contributed by atoms with Gasteiger partial charge in [0.1, 0.15) is 10.9 Å². The first-order valence-corrected chi connectivity index (χ1v) is 14.0. The van der Waals surface area contributed by atoms with Crippen molar-refractivity contribution in [3.63, 3.8) is 0 Å². The van der Waals surface area contributed by atoms with E-state index in [9.17, 15) is 22.8 Å². The molecule has 1 N–H and O–H groups in total. The zero-order valence-corrected chi connectivity index (χ0v) is 22.5. The summed E-state index contributed by atoms with van der Waals surface area (Å²) in [5, 5.41) is 3.54. The molecule has 11 heteroatoms. The molecule has 3 rings (SSSR count). The summed E-state index contributed by atoms with van der Waals surface area (Å²) < 4.78 is 26.5. The van der Waals surface area contributed by atoms with E-state index < -0.39 is 27.9 Å². The van der Waals surface area contributed by atoms with Crippen LogP contribution in [0.25, 0.3) is 0 Å². The Morgan fingerprint density at radius 3 is 2.33 bits per heavy atom. The van der Waals surface area contributed by atoms with Crippen molar-refractivity contribution >= 4 is 50.9 Å². The number of hydrogen-bond acceptors (Lipinski definition) is 5. The third-order valence-corrected chi connectivity index (χ3v) is 8.60. The van der Waals surface area contributed by atoms with Crippen LogP contribution in [0.4, 0.5) is 0 Å². The van der Waals surface area contributed by atoms with Crippen molar-refractivity contribution in [3.05, 3.63) is 63.6 Å². The molecule has 0 fully saturated rings. The summed E-state index contributed by atoms with van der Waals surface area (Å²) >= 11 is 12.7. The smallest absolute Gasteiger partial charge is 0.269 e. The highest BCUT2D eigenvalue weighted by Gasteiger charge is 2.41. The molecular weight excluding hydrogens is 525 g/mol. The van der Waals surface area contributed by atoms with E-state index in [0.29, 0.717) is 32.9 Å². The summed E-state index contributed by atoms with van der Waals surface area (Å²) in [7, 11) is -4.05. The number of nitrogens with zero attached hydrogens (tertiary/aromatic N) is 2. The van der Waals surface area contributed by atoms with Gasteiger partial charge in [-0.1, -0.05) is 61.7 Å². The zero-order chi connectivity index (χ0) is 26.5. The van der Waals surface area contributed by atoms with E-state index in [1.165, 1.54) is 23.1 Å². The third kappa shape index (κ3) is 5.85. The van der Waals surface area contributed by atoms with Crippen LogP contribution in [0.2, 0.25) is 10.0 Å². The van der Waals surface area contributed by atoms with Crippen molar-refractivity contribution in [2.45, 2.75) is 57.0 Å². The Balaban J connectivity index is 1.85. The van der Waals surface area contributed by atoms with Gasteiger partial charge in [-0.25, -0.2) is 12.7 Å². The van der Waals surface area contributed by atoms with Crippen molar-refractivity contribution < 1.29 is 22.8 Å². The first-order valence-electron chi connectivity index (χ1n) is 11.8. The van der Waals surface area contributed by atoms with Gasteiger partial charge in [0.2, 0.25) is 11.8 Å². The normalized spacial score (nSPS) is 14.9. The maximum Gasteiger partial charge on any atom is 0.269 e. The largest absolute Gasteiger partial charge is 0.354 e. The summed E-state index contributed by atoms with van der Waals surface area (Å²) in [5.74, 6) is -1.49. The van der Waals surface area contributed by atoms with Gasteiger partial charge in [0, 0.05) is 41.7 Å². The summed E-state index contributed by atoms with van der Waals surface area (Å²) in [4.78, 5) is 40.5. The van der Waals surface area contributed by atoms with E-state index >= 15 is 0 Å². The van der Waals surface area contributed by atoms with Gasteiger partial charge in [-0.3, -0.25) is 14.4 Å². The molecule has 36 heavy (non-hydrogen) atoms. The van der Waals surface area contributed by atoms with Gasteiger partial charge in [-0.05, 0) is 37.1 Å². The maximum absolute atomic E-state index is 13.5. The summed E-state index contributed by atoms with van der Waals surface area (Å²) in [6.07, 6.45) is 1.70. The lowest BCUT2D eigenvalue weighted by atomic mass is 10.1. The van der Waals surface area contributed by atoms with Crippen molar-refractivity contribution in [2.75, 3.05) is 13.1 Å². The van der Waals surface area contributed by atoms with Crippen LogP contribution in [0.3, 0.4) is 0 Å². The molecule has 0 spiro atoms. The fraction of sp³-hybridized carbons (Fsp3) is 0.400. The molecule has 1 aliphatic heterocycles. The molecule has 1 heterocycles. The molecule has 3 amide bonds. The van der Waals surface area contributed by atoms with Gasteiger partial charge >= 0.3 is 0 Å². The van der Waals surface area contributed by atoms with Gasteiger partial charge in [0.05, 0.1) is 5.56 Å².